The Bertz CT molecular complexity index is 1330. The van der Waals surface area contributed by atoms with Gasteiger partial charge >= 0.3 is 5.97 Å². The van der Waals surface area contributed by atoms with Gasteiger partial charge in [-0.15, -0.1) is 0 Å². The minimum Gasteiger partial charge on any atom is -0.478 e. The van der Waals surface area contributed by atoms with Crippen LogP contribution in [-0.4, -0.2) is 52.4 Å². The highest BCUT2D eigenvalue weighted by Crippen LogP contribution is 2.34. The van der Waals surface area contributed by atoms with Crippen LogP contribution in [0, 0.1) is 11.7 Å². The summed E-state index contributed by atoms with van der Waals surface area (Å²) in [6, 6.07) is 3.22. The molecule has 7 nitrogen and oxygen atoms in total. The number of dihydropyridines is 2. The average molecular weight is 478 g/mol. The van der Waals surface area contributed by atoms with Crippen molar-refractivity contribution in [1.82, 2.24) is 4.90 Å². The first-order valence-corrected chi connectivity index (χ1v) is 12.2. The SMILES string of the molecule is CCC1=CC(C(=O)N2CCCCC[C@H]2C)=NC2=CC(c3ccc4c(C(=O)O)coc4c3F)=NCC12. The number of nitrogens with zero attached hydrogens (tertiary/aromatic N) is 3. The third kappa shape index (κ3) is 4.11. The van der Waals surface area contributed by atoms with E-state index in [4.69, 9.17) is 9.41 Å². The van der Waals surface area contributed by atoms with Crippen LogP contribution in [0.25, 0.3) is 11.0 Å². The molecule has 1 N–H and O–H groups in total. The van der Waals surface area contributed by atoms with E-state index in [-0.39, 0.29) is 40.0 Å². The number of halogens is 1. The fourth-order valence-electron chi connectivity index (χ4n) is 5.21. The second-order valence-corrected chi connectivity index (χ2v) is 9.37. The molecule has 1 unspecified atom stereocenters. The number of fused-ring (bicyclic) bond motifs is 2. The molecular weight excluding hydrogens is 449 g/mol. The molecule has 1 saturated heterocycles. The molecular formula is C27H28FN3O4. The van der Waals surface area contributed by atoms with Crippen molar-refractivity contribution in [3.8, 4) is 0 Å². The summed E-state index contributed by atoms with van der Waals surface area (Å²) in [4.78, 5) is 36.1. The van der Waals surface area contributed by atoms with Crippen molar-refractivity contribution in [1.29, 1.82) is 0 Å². The van der Waals surface area contributed by atoms with Crippen LogP contribution in [0.15, 0.2) is 56.2 Å². The Kier molecular flexibility index (Phi) is 6.13. The number of benzene rings is 1. The van der Waals surface area contributed by atoms with Gasteiger partial charge in [0.15, 0.2) is 11.4 Å². The van der Waals surface area contributed by atoms with Crippen LogP contribution < -0.4 is 0 Å². The van der Waals surface area contributed by atoms with Gasteiger partial charge in [0, 0.05) is 29.5 Å². The van der Waals surface area contributed by atoms with Gasteiger partial charge in [-0.1, -0.05) is 25.3 Å². The molecule has 8 heteroatoms. The molecule has 2 atom stereocenters. The van der Waals surface area contributed by atoms with Gasteiger partial charge < -0.3 is 14.4 Å². The monoisotopic (exact) mass is 477 g/mol. The minimum absolute atomic E-state index is 0.0455. The molecule has 3 aliphatic rings. The summed E-state index contributed by atoms with van der Waals surface area (Å²) in [5, 5.41) is 9.49. The van der Waals surface area contributed by atoms with Crippen molar-refractivity contribution in [2.75, 3.05) is 13.1 Å². The lowest BCUT2D eigenvalue weighted by Gasteiger charge is -2.31. The minimum atomic E-state index is -1.18. The fraction of sp³-hybridized carbons (Fsp3) is 0.407. The summed E-state index contributed by atoms with van der Waals surface area (Å²) >= 11 is 0. The Morgan fingerprint density at radius 1 is 1.23 bits per heavy atom. The molecule has 5 rings (SSSR count). The number of amides is 1. The maximum atomic E-state index is 15.3. The number of carboxylic acid groups (broad SMARTS) is 1. The molecule has 0 radical (unpaired) electrons. The van der Waals surface area contributed by atoms with Gasteiger partial charge in [-0.3, -0.25) is 9.79 Å². The van der Waals surface area contributed by atoms with E-state index in [9.17, 15) is 14.7 Å². The van der Waals surface area contributed by atoms with E-state index in [2.05, 4.69) is 18.8 Å². The van der Waals surface area contributed by atoms with E-state index in [0.717, 1.165) is 50.5 Å². The molecule has 1 fully saturated rings. The van der Waals surface area contributed by atoms with Gasteiger partial charge in [-0.2, -0.15) is 0 Å². The zero-order chi connectivity index (χ0) is 24.7. The lowest BCUT2D eigenvalue weighted by Crippen LogP contribution is -2.42. The zero-order valence-corrected chi connectivity index (χ0v) is 19.9. The second-order valence-electron chi connectivity index (χ2n) is 9.37. The summed E-state index contributed by atoms with van der Waals surface area (Å²) in [5.41, 5.74) is 2.63. The van der Waals surface area contributed by atoms with Crippen molar-refractivity contribution in [3.63, 3.8) is 0 Å². The number of aliphatic imine (C=N–C) groups is 2. The van der Waals surface area contributed by atoms with Gasteiger partial charge in [-0.25, -0.2) is 14.2 Å². The van der Waals surface area contributed by atoms with Crippen molar-refractivity contribution >= 4 is 34.3 Å². The Hall–Kier alpha value is -3.55. The maximum absolute atomic E-state index is 15.3. The van der Waals surface area contributed by atoms with Crippen LogP contribution in [0.2, 0.25) is 0 Å². The molecule has 182 valence electrons. The fourth-order valence-corrected chi connectivity index (χ4v) is 5.21. The molecule has 35 heavy (non-hydrogen) atoms. The number of allylic oxidation sites excluding steroid dienone is 1. The molecule has 1 aromatic heterocycles. The largest absolute Gasteiger partial charge is 0.478 e. The molecule has 0 saturated carbocycles. The molecule has 1 aromatic carbocycles. The van der Waals surface area contributed by atoms with Crippen LogP contribution in [0.3, 0.4) is 0 Å². The normalized spacial score (nSPS) is 22.5. The molecule has 2 aromatic rings. The highest BCUT2D eigenvalue weighted by molar-refractivity contribution is 6.44. The molecule has 3 aliphatic heterocycles. The Labute approximate surface area is 202 Å². The lowest BCUT2D eigenvalue weighted by molar-refractivity contribution is -0.125. The van der Waals surface area contributed by atoms with Crippen LogP contribution in [0.4, 0.5) is 4.39 Å². The molecule has 0 aliphatic carbocycles. The van der Waals surface area contributed by atoms with Crippen LogP contribution in [0.5, 0.6) is 0 Å². The van der Waals surface area contributed by atoms with Crippen molar-refractivity contribution in [2.24, 2.45) is 15.9 Å². The number of rotatable bonds is 4. The van der Waals surface area contributed by atoms with Crippen molar-refractivity contribution < 1.29 is 23.5 Å². The smallest absolute Gasteiger partial charge is 0.339 e. The van der Waals surface area contributed by atoms with E-state index in [1.807, 2.05) is 11.0 Å². The van der Waals surface area contributed by atoms with E-state index < -0.39 is 11.8 Å². The van der Waals surface area contributed by atoms with E-state index in [1.165, 1.54) is 12.1 Å². The number of carbonyl (C=O) groups excluding carboxylic acids is 1. The third-order valence-electron chi connectivity index (χ3n) is 7.23. The van der Waals surface area contributed by atoms with E-state index in [0.29, 0.717) is 23.7 Å². The Balaban J connectivity index is 1.50. The highest BCUT2D eigenvalue weighted by Gasteiger charge is 2.32. The third-order valence-corrected chi connectivity index (χ3v) is 7.23. The van der Waals surface area contributed by atoms with Gasteiger partial charge in [0.25, 0.3) is 5.91 Å². The molecule has 0 bridgehead atoms. The zero-order valence-electron chi connectivity index (χ0n) is 19.9. The number of hydrogen-bond acceptors (Lipinski definition) is 5. The molecule has 4 heterocycles. The van der Waals surface area contributed by atoms with Gasteiger partial charge in [-0.05, 0) is 50.5 Å². The Morgan fingerprint density at radius 2 is 2.06 bits per heavy atom. The first kappa shape index (κ1) is 23.2. The Morgan fingerprint density at radius 3 is 2.83 bits per heavy atom. The number of aromatic carboxylic acids is 1. The summed E-state index contributed by atoms with van der Waals surface area (Å²) in [6.07, 6.45) is 9.69. The second kappa shape index (κ2) is 9.24. The summed E-state index contributed by atoms with van der Waals surface area (Å²) < 4.78 is 20.6. The molecule has 1 amide bonds. The maximum Gasteiger partial charge on any atom is 0.339 e. The quantitative estimate of drug-likeness (QED) is 0.658. The number of furan rings is 1. The lowest BCUT2D eigenvalue weighted by atomic mass is 9.86. The summed E-state index contributed by atoms with van der Waals surface area (Å²) in [7, 11) is 0. The first-order valence-electron chi connectivity index (χ1n) is 12.2. The topological polar surface area (TPSA) is 95.5 Å². The number of carboxylic acids is 1. The predicted molar refractivity (Wildman–Crippen MR) is 132 cm³/mol. The van der Waals surface area contributed by atoms with Crippen molar-refractivity contribution in [2.45, 2.75) is 52.0 Å². The van der Waals surface area contributed by atoms with E-state index in [1.54, 1.807) is 6.08 Å². The van der Waals surface area contributed by atoms with Gasteiger partial charge in [0.05, 0.1) is 18.0 Å². The van der Waals surface area contributed by atoms with Crippen molar-refractivity contribution in [3.05, 3.63) is 58.8 Å². The number of carbonyl (C=O) groups is 2. The first-order chi connectivity index (χ1) is 16.9. The number of hydrogen-bond donors (Lipinski definition) is 1. The van der Waals surface area contributed by atoms with Gasteiger partial charge in [0.1, 0.15) is 17.5 Å². The summed E-state index contributed by atoms with van der Waals surface area (Å²) in [6.45, 7) is 5.28. The standard InChI is InChI=1S/C27H28FN3O4/c1-3-16-11-23(26(32)31-10-6-4-5-7-15(31)2)30-22-12-21(29-13-19(16)22)18-9-8-17-20(27(33)34)14-35-25(17)24(18)28/h8-9,11-12,14-15,19H,3-7,10,13H2,1-2H3,(H,33,34)/t15-,19?/m1/s1. The van der Waals surface area contributed by atoms with Crippen LogP contribution in [0.1, 0.15) is 61.9 Å². The summed E-state index contributed by atoms with van der Waals surface area (Å²) in [5.74, 6) is -1.94. The number of likely N-dealkylation sites (tertiary alicyclic amines) is 1. The predicted octanol–water partition coefficient (Wildman–Crippen LogP) is 5.16. The average Bonchev–Trinajstić information content (AvgIpc) is 3.19. The highest BCUT2D eigenvalue weighted by atomic mass is 19.1. The molecule has 0 spiro atoms. The van der Waals surface area contributed by atoms with Gasteiger partial charge in [0.2, 0.25) is 0 Å². The van der Waals surface area contributed by atoms with E-state index >= 15 is 4.39 Å². The van der Waals surface area contributed by atoms with Crippen LogP contribution in [-0.2, 0) is 4.79 Å². The van der Waals surface area contributed by atoms with Crippen LogP contribution >= 0.6 is 0 Å².